The van der Waals surface area contributed by atoms with Gasteiger partial charge in [0.2, 0.25) is 11.8 Å². The molecule has 0 aliphatic carbocycles. The van der Waals surface area contributed by atoms with Gasteiger partial charge >= 0.3 is 0 Å². The highest BCUT2D eigenvalue weighted by Gasteiger charge is 2.37. The van der Waals surface area contributed by atoms with Gasteiger partial charge in [0.25, 0.3) is 11.1 Å². The summed E-state index contributed by atoms with van der Waals surface area (Å²) in [6.45, 7) is 2.23. The topological polar surface area (TPSA) is 86.8 Å². The van der Waals surface area contributed by atoms with E-state index in [1.807, 2.05) is 18.2 Å². The Hall–Kier alpha value is -3.39. The molecule has 0 aromatic heterocycles. The minimum Gasteiger partial charge on any atom is -0.336 e. The third-order valence-electron chi connectivity index (χ3n) is 5.18. The summed E-state index contributed by atoms with van der Waals surface area (Å²) < 4.78 is 0. The fraction of sp³-hybridized carbons (Fsp3) is 0.217. The molecule has 1 fully saturated rings. The average Bonchev–Trinajstić information content (AvgIpc) is 3.01. The first-order valence-electron chi connectivity index (χ1n) is 9.88. The molecule has 4 amide bonds. The van der Waals surface area contributed by atoms with Crippen LogP contribution < -0.4 is 5.32 Å². The molecule has 2 aliphatic rings. The number of amides is 4. The number of benzene rings is 2. The number of rotatable bonds is 4. The van der Waals surface area contributed by atoms with Crippen LogP contribution in [-0.4, -0.2) is 45.9 Å². The molecule has 1 N–H and O–H groups in total. The standard InChI is InChI=1S/C23H21N3O4S/c1-15(27)24-19-8-6-16(7-9-19)12-20-22(29)26(23(30)31-20)14-21(28)25-11-10-17-4-2-3-5-18(17)13-25/h2-9,12H,10-11,13-14H2,1H3,(H,24,27)/b20-12-. The number of carbonyl (C=O) groups is 4. The number of thioether (sulfide) groups is 1. The summed E-state index contributed by atoms with van der Waals surface area (Å²) in [5, 5.41) is 2.22. The average molecular weight is 436 g/mol. The van der Waals surface area contributed by atoms with Crippen LogP contribution in [0.4, 0.5) is 10.5 Å². The van der Waals surface area contributed by atoms with Crippen LogP contribution in [0.15, 0.2) is 53.4 Å². The number of imide groups is 1. The molecule has 2 aromatic carbocycles. The fourth-order valence-corrected chi connectivity index (χ4v) is 4.44. The van der Waals surface area contributed by atoms with Crippen molar-refractivity contribution >= 4 is 46.5 Å². The van der Waals surface area contributed by atoms with Gasteiger partial charge in [0.05, 0.1) is 4.91 Å². The molecule has 31 heavy (non-hydrogen) atoms. The van der Waals surface area contributed by atoms with E-state index >= 15 is 0 Å². The number of hydrogen-bond acceptors (Lipinski definition) is 5. The van der Waals surface area contributed by atoms with Crippen molar-refractivity contribution in [1.29, 1.82) is 0 Å². The van der Waals surface area contributed by atoms with Crippen LogP contribution in [0.5, 0.6) is 0 Å². The minimum absolute atomic E-state index is 0.171. The molecule has 0 radical (unpaired) electrons. The molecule has 2 aliphatic heterocycles. The molecule has 2 heterocycles. The van der Waals surface area contributed by atoms with Crippen LogP contribution in [-0.2, 0) is 27.3 Å². The number of nitrogens with one attached hydrogen (secondary N) is 1. The molecule has 0 spiro atoms. The normalized spacial score (nSPS) is 17.1. The lowest BCUT2D eigenvalue weighted by Gasteiger charge is -2.29. The summed E-state index contributed by atoms with van der Waals surface area (Å²) in [4.78, 5) is 52.0. The van der Waals surface area contributed by atoms with E-state index in [0.717, 1.165) is 34.2 Å². The lowest BCUT2D eigenvalue weighted by Crippen LogP contribution is -2.44. The first kappa shape index (κ1) is 20.9. The van der Waals surface area contributed by atoms with Crippen LogP contribution in [0.25, 0.3) is 6.08 Å². The Morgan fingerprint density at radius 3 is 2.48 bits per heavy atom. The highest BCUT2D eigenvalue weighted by atomic mass is 32.2. The van der Waals surface area contributed by atoms with Crippen LogP contribution in [0.1, 0.15) is 23.6 Å². The molecule has 8 heteroatoms. The second kappa shape index (κ2) is 8.77. The summed E-state index contributed by atoms with van der Waals surface area (Å²) in [5.41, 5.74) is 3.69. The Morgan fingerprint density at radius 2 is 1.77 bits per heavy atom. The maximum Gasteiger partial charge on any atom is 0.294 e. The van der Waals surface area contributed by atoms with Crippen LogP contribution in [0.3, 0.4) is 0 Å². The summed E-state index contributed by atoms with van der Waals surface area (Å²) in [6, 6.07) is 14.9. The van der Waals surface area contributed by atoms with Crippen molar-refractivity contribution < 1.29 is 19.2 Å². The largest absolute Gasteiger partial charge is 0.336 e. The SMILES string of the molecule is CC(=O)Nc1ccc(/C=C2\SC(=O)N(CC(=O)N3CCc4ccccc4C3)C2=O)cc1. The third kappa shape index (κ3) is 4.69. The van der Waals surface area contributed by atoms with Crippen molar-refractivity contribution in [3.63, 3.8) is 0 Å². The minimum atomic E-state index is -0.466. The molecular formula is C23H21N3O4S. The van der Waals surface area contributed by atoms with Gasteiger partial charge in [-0.15, -0.1) is 0 Å². The molecule has 2 aromatic rings. The molecular weight excluding hydrogens is 414 g/mol. The zero-order valence-electron chi connectivity index (χ0n) is 17.0. The van der Waals surface area contributed by atoms with Gasteiger partial charge in [0, 0.05) is 25.7 Å². The van der Waals surface area contributed by atoms with Gasteiger partial charge < -0.3 is 10.2 Å². The van der Waals surface area contributed by atoms with E-state index in [1.165, 1.54) is 12.5 Å². The van der Waals surface area contributed by atoms with Crippen molar-refractivity contribution in [1.82, 2.24) is 9.80 Å². The zero-order valence-corrected chi connectivity index (χ0v) is 17.8. The van der Waals surface area contributed by atoms with Crippen molar-refractivity contribution in [2.75, 3.05) is 18.4 Å². The molecule has 0 atom stereocenters. The monoisotopic (exact) mass is 435 g/mol. The van der Waals surface area contributed by atoms with Crippen molar-refractivity contribution in [3.05, 3.63) is 70.1 Å². The van der Waals surface area contributed by atoms with Crippen LogP contribution in [0, 0.1) is 0 Å². The summed E-state index contributed by atoms with van der Waals surface area (Å²) >= 11 is 0.827. The Labute approximate surface area is 184 Å². The Balaban J connectivity index is 1.42. The quantitative estimate of drug-likeness (QED) is 0.745. The zero-order chi connectivity index (χ0) is 22.0. The highest BCUT2D eigenvalue weighted by Crippen LogP contribution is 2.32. The number of fused-ring (bicyclic) bond motifs is 1. The number of anilines is 1. The van der Waals surface area contributed by atoms with Gasteiger partial charge in [-0.3, -0.25) is 24.1 Å². The van der Waals surface area contributed by atoms with Gasteiger partial charge in [-0.2, -0.15) is 0 Å². The number of nitrogens with zero attached hydrogens (tertiary/aromatic N) is 2. The fourth-order valence-electron chi connectivity index (χ4n) is 3.60. The van der Waals surface area contributed by atoms with E-state index in [2.05, 4.69) is 11.4 Å². The van der Waals surface area contributed by atoms with Gasteiger partial charge in [-0.05, 0) is 53.1 Å². The summed E-state index contributed by atoms with van der Waals surface area (Å²) in [6.07, 6.45) is 2.38. The van der Waals surface area contributed by atoms with E-state index in [-0.39, 0.29) is 23.3 Å². The van der Waals surface area contributed by atoms with Crippen molar-refractivity contribution in [3.8, 4) is 0 Å². The third-order valence-corrected chi connectivity index (χ3v) is 6.09. The molecule has 1 saturated heterocycles. The van der Waals surface area contributed by atoms with Crippen molar-refractivity contribution in [2.45, 2.75) is 19.9 Å². The van der Waals surface area contributed by atoms with Gasteiger partial charge in [0.1, 0.15) is 6.54 Å². The smallest absolute Gasteiger partial charge is 0.294 e. The Kier molecular flexibility index (Phi) is 5.90. The van der Waals surface area contributed by atoms with E-state index in [0.29, 0.717) is 18.8 Å². The Morgan fingerprint density at radius 1 is 1.06 bits per heavy atom. The predicted octanol–water partition coefficient (Wildman–Crippen LogP) is 3.27. The van der Waals surface area contributed by atoms with Crippen molar-refractivity contribution in [2.24, 2.45) is 0 Å². The first-order valence-corrected chi connectivity index (χ1v) is 10.7. The second-order valence-corrected chi connectivity index (χ2v) is 8.40. The molecule has 0 saturated carbocycles. The van der Waals surface area contributed by atoms with E-state index in [1.54, 1.807) is 35.2 Å². The molecule has 4 rings (SSSR count). The van der Waals surface area contributed by atoms with Crippen LogP contribution in [0.2, 0.25) is 0 Å². The second-order valence-electron chi connectivity index (χ2n) is 7.41. The van der Waals surface area contributed by atoms with E-state index in [4.69, 9.17) is 0 Å². The van der Waals surface area contributed by atoms with Gasteiger partial charge in [0.15, 0.2) is 0 Å². The first-order chi connectivity index (χ1) is 14.9. The number of hydrogen-bond donors (Lipinski definition) is 1. The van der Waals surface area contributed by atoms with E-state index < -0.39 is 11.1 Å². The highest BCUT2D eigenvalue weighted by molar-refractivity contribution is 8.18. The number of carbonyl (C=O) groups excluding carboxylic acids is 4. The van der Waals surface area contributed by atoms with Gasteiger partial charge in [-0.1, -0.05) is 36.4 Å². The van der Waals surface area contributed by atoms with Crippen LogP contribution >= 0.6 is 11.8 Å². The molecule has 0 unspecified atom stereocenters. The maximum absolute atomic E-state index is 12.8. The molecule has 158 valence electrons. The Bertz CT molecular complexity index is 1090. The summed E-state index contributed by atoms with van der Waals surface area (Å²) in [7, 11) is 0. The summed E-state index contributed by atoms with van der Waals surface area (Å²) in [5.74, 6) is -0.875. The predicted molar refractivity (Wildman–Crippen MR) is 119 cm³/mol. The van der Waals surface area contributed by atoms with Gasteiger partial charge in [-0.25, -0.2) is 0 Å². The lowest BCUT2D eigenvalue weighted by molar-refractivity contribution is -0.136. The maximum atomic E-state index is 12.8. The molecule has 7 nitrogen and oxygen atoms in total. The van der Waals surface area contributed by atoms with E-state index in [9.17, 15) is 19.2 Å². The molecule has 0 bridgehead atoms. The lowest BCUT2D eigenvalue weighted by atomic mass is 10.00.